The van der Waals surface area contributed by atoms with Crippen LogP contribution in [0.2, 0.25) is 0 Å². The highest BCUT2D eigenvalue weighted by Crippen LogP contribution is 2.22. The summed E-state index contributed by atoms with van der Waals surface area (Å²) in [5.74, 6) is -10.3. The molecule has 4 nitrogen and oxygen atoms in total. The van der Waals surface area contributed by atoms with Crippen LogP contribution in [0, 0.1) is 36.0 Å². The van der Waals surface area contributed by atoms with Gasteiger partial charge in [-0.1, -0.05) is 30.3 Å². The number of hydrazone groups is 1. The van der Waals surface area contributed by atoms with Gasteiger partial charge in [-0.05, 0) is 13.0 Å². The molecule has 0 radical (unpaired) electrons. The van der Waals surface area contributed by atoms with Gasteiger partial charge in [0.25, 0.3) is 0 Å². The van der Waals surface area contributed by atoms with Gasteiger partial charge in [-0.25, -0.2) is 37.3 Å². The number of benzene rings is 2. The summed E-state index contributed by atoms with van der Waals surface area (Å²) in [5, 5.41) is 3.49. The van der Waals surface area contributed by atoms with Gasteiger partial charge in [-0.15, -0.1) is 0 Å². The van der Waals surface area contributed by atoms with Crippen molar-refractivity contribution in [2.45, 2.75) is 6.92 Å². The van der Waals surface area contributed by atoms with Crippen molar-refractivity contribution in [2.24, 2.45) is 5.10 Å². The van der Waals surface area contributed by atoms with E-state index in [9.17, 15) is 22.0 Å². The van der Waals surface area contributed by atoms with Crippen LogP contribution in [0.5, 0.6) is 0 Å². The molecule has 0 fully saturated rings. The van der Waals surface area contributed by atoms with E-state index in [0.29, 0.717) is 17.6 Å². The fraction of sp³-hybridized carbons (Fsp3) is 0.0556. The lowest BCUT2D eigenvalue weighted by molar-refractivity contribution is 0.377. The zero-order chi connectivity index (χ0) is 19.6. The van der Waals surface area contributed by atoms with Crippen LogP contribution in [0.3, 0.4) is 0 Å². The van der Waals surface area contributed by atoms with E-state index in [1.54, 1.807) is 13.0 Å². The predicted octanol–water partition coefficient (Wildman–Crippen LogP) is 4.59. The molecular weight excluding hydrogens is 367 g/mol. The molecule has 1 heterocycles. The molecule has 0 aliphatic heterocycles. The van der Waals surface area contributed by atoms with E-state index < -0.39 is 34.6 Å². The first-order valence-corrected chi connectivity index (χ1v) is 7.60. The van der Waals surface area contributed by atoms with Crippen LogP contribution in [0.25, 0.3) is 11.3 Å². The average Bonchev–Trinajstić information content (AvgIpc) is 2.68. The van der Waals surface area contributed by atoms with E-state index in [1.165, 1.54) is 0 Å². The van der Waals surface area contributed by atoms with Crippen LogP contribution < -0.4 is 5.43 Å². The highest BCUT2D eigenvalue weighted by atomic mass is 19.2. The third kappa shape index (κ3) is 3.76. The molecule has 3 rings (SSSR count). The van der Waals surface area contributed by atoms with Crippen LogP contribution in [0.1, 0.15) is 11.3 Å². The lowest BCUT2D eigenvalue weighted by atomic mass is 10.1. The van der Waals surface area contributed by atoms with Crippen LogP contribution in [-0.4, -0.2) is 16.2 Å². The van der Waals surface area contributed by atoms with Crippen molar-refractivity contribution in [1.82, 2.24) is 9.97 Å². The molecular formula is C18H11F5N4. The maximum absolute atomic E-state index is 13.6. The number of nitrogens with zero attached hydrogens (tertiary/aromatic N) is 3. The number of rotatable bonds is 4. The van der Waals surface area contributed by atoms with Crippen LogP contribution >= 0.6 is 0 Å². The number of anilines is 1. The number of aromatic nitrogens is 2. The van der Waals surface area contributed by atoms with Crippen molar-refractivity contribution < 1.29 is 22.0 Å². The molecule has 27 heavy (non-hydrogen) atoms. The van der Waals surface area contributed by atoms with Crippen LogP contribution in [0.15, 0.2) is 41.5 Å². The molecule has 0 amide bonds. The molecule has 1 N–H and O–H groups in total. The Morgan fingerprint density at radius 3 is 2.07 bits per heavy atom. The standard InChI is InChI=1S/C18H11F5N4/c1-9-7-12(10-5-3-2-4-6-10)26-18(25-9)27-24-8-11-13(19)15(21)17(23)16(22)14(11)20/h2-8H,1H3,(H,25,26,27). The third-order valence-electron chi connectivity index (χ3n) is 3.53. The average molecular weight is 378 g/mol. The molecule has 9 heteroatoms. The maximum Gasteiger partial charge on any atom is 0.244 e. The first-order chi connectivity index (χ1) is 12.9. The van der Waals surface area contributed by atoms with E-state index in [0.717, 1.165) is 5.56 Å². The van der Waals surface area contributed by atoms with Crippen LogP contribution in [0.4, 0.5) is 27.9 Å². The van der Waals surface area contributed by atoms with Gasteiger partial charge in [0.2, 0.25) is 11.8 Å². The minimum absolute atomic E-state index is 0.00558. The Labute approximate surface area is 150 Å². The Morgan fingerprint density at radius 1 is 0.852 bits per heavy atom. The first-order valence-electron chi connectivity index (χ1n) is 7.60. The van der Waals surface area contributed by atoms with E-state index in [1.807, 2.05) is 30.3 Å². The predicted molar refractivity (Wildman–Crippen MR) is 89.7 cm³/mol. The second kappa shape index (κ2) is 7.48. The van der Waals surface area contributed by atoms with Gasteiger partial charge in [-0.2, -0.15) is 5.10 Å². The topological polar surface area (TPSA) is 50.2 Å². The second-order valence-electron chi connectivity index (χ2n) is 5.44. The van der Waals surface area contributed by atoms with Crippen molar-refractivity contribution in [3.8, 4) is 11.3 Å². The molecule has 0 saturated heterocycles. The largest absolute Gasteiger partial charge is 0.245 e. The highest BCUT2D eigenvalue weighted by Gasteiger charge is 2.24. The van der Waals surface area contributed by atoms with E-state index in [4.69, 9.17) is 0 Å². The molecule has 0 atom stereocenters. The number of hydrogen-bond donors (Lipinski definition) is 1. The molecule has 138 valence electrons. The SMILES string of the molecule is Cc1cc(-c2ccccc2)nc(NN=Cc2c(F)c(F)c(F)c(F)c2F)n1. The lowest BCUT2D eigenvalue weighted by Gasteiger charge is -2.06. The third-order valence-corrected chi connectivity index (χ3v) is 3.53. The second-order valence-corrected chi connectivity index (χ2v) is 5.44. The van der Waals surface area contributed by atoms with Crippen LogP contribution in [-0.2, 0) is 0 Å². The van der Waals surface area contributed by atoms with E-state index >= 15 is 0 Å². The van der Waals surface area contributed by atoms with E-state index in [2.05, 4.69) is 20.5 Å². The zero-order valence-electron chi connectivity index (χ0n) is 13.8. The quantitative estimate of drug-likeness (QED) is 0.237. The maximum atomic E-state index is 13.6. The Bertz CT molecular complexity index is 993. The summed E-state index contributed by atoms with van der Waals surface area (Å²) in [7, 11) is 0. The number of halogens is 5. The van der Waals surface area contributed by atoms with Crippen molar-refractivity contribution in [3.63, 3.8) is 0 Å². The summed E-state index contributed by atoms with van der Waals surface area (Å²) in [5.41, 5.74) is 3.10. The Balaban J connectivity index is 1.89. The van der Waals surface area contributed by atoms with Gasteiger partial charge in [0.1, 0.15) is 0 Å². The molecule has 0 aliphatic carbocycles. The van der Waals surface area contributed by atoms with Crippen molar-refractivity contribution in [3.05, 3.63) is 76.7 Å². The van der Waals surface area contributed by atoms with Crippen molar-refractivity contribution in [1.29, 1.82) is 0 Å². The summed E-state index contributed by atoms with van der Waals surface area (Å²) in [6.07, 6.45) is 0.476. The Kier molecular flexibility index (Phi) is 5.11. The molecule has 0 unspecified atom stereocenters. The van der Waals surface area contributed by atoms with Gasteiger partial charge < -0.3 is 0 Å². The van der Waals surface area contributed by atoms with Gasteiger partial charge in [0, 0.05) is 11.3 Å². The minimum Gasteiger partial charge on any atom is -0.245 e. The van der Waals surface area contributed by atoms with E-state index in [-0.39, 0.29) is 5.95 Å². The normalized spacial score (nSPS) is 11.2. The summed E-state index contributed by atoms with van der Waals surface area (Å²) >= 11 is 0. The number of hydrogen-bond acceptors (Lipinski definition) is 4. The van der Waals surface area contributed by atoms with Gasteiger partial charge >= 0.3 is 0 Å². The smallest absolute Gasteiger partial charge is 0.244 e. The molecule has 0 aliphatic rings. The monoisotopic (exact) mass is 378 g/mol. The number of aryl methyl sites for hydroxylation is 1. The fourth-order valence-electron chi connectivity index (χ4n) is 2.27. The lowest BCUT2D eigenvalue weighted by Crippen LogP contribution is -2.07. The molecule has 1 aromatic heterocycles. The Morgan fingerprint density at radius 2 is 1.44 bits per heavy atom. The van der Waals surface area contributed by atoms with Gasteiger partial charge in [0.05, 0.1) is 17.5 Å². The van der Waals surface area contributed by atoms with Gasteiger partial charge in [0.15, 0.2) is 23.3 Å². The number of nitrogens with one attached hydrogen (secondary N) is 1. The molecule has 0 spiro atoms. The first kappa shape index (κ1) is 18.4. The molecule has 0 saturated carbocycles. The summed E-state index contributed by atoms with van der Waals surface area (Å²) in [4.78, 5) is 8.25. The highest BCUT2D eigenvalue weighted by molar-refractivity contribution is 5.81. The molecule has 3 aromatic rings. The molecule has 2 aromatic carbocycles. The molecule has 0 bridgehead atoms. The van der Waals surface area contributed by atoms with Crippen molar-refractivity contribution >= 4 is 12.2 Å². The Hall–Kier alpha value is -3.36. The van der Waals surface area contributed by atoms with Crippen molar-refractivity contribution in [2.75, 3.05) is 5.43 Å². The minimum atomic E-state index is -2.23. The summed E-state index contributed by atoms with van der Waals surface area (Å²) in [6, 6.07) is 10.8. The zero-order valence-corrected chi connectivity index (χ0v) is 13.8. The fourth-order valence-corrected chi connectivity index (χ4v) is 2.27. The summed E-state index contributed by atoms with van der Waals surface area (Å²) < 4.78 is 66.6. The summed E-state index contributed by atoms with van der Waals surface area (Å²) in [6.45, 7) is 1.70. The van der Waals surface area contributed by atoms with Gasteiger partial charge in [-0.3, -0.25) is 0 Å².